The van der Waals surface area contributed by atoms with Crippen molar-refractivity contribution in [2.24, 2.45) is 5.92 Å². The molecule has 0 fully saturated rings. The average Bonchev–Trinajstić information content (AvgIpc) is 2.46. The van der Waals surface area contributed by atoms with Gasteiger partial charge < -0.3 is 9.47 Å². The molecule has 104 valence electrons. The SMILES string of the molecule is CCC(CC)COc1ccc(OC)cc1C#CCCl. The normalized spacial score (nSPS) is 9.95. The molecular weight excluding hydrogens is 260 g/mol. The first-order valence-electron chi connectivity index (χ1n) is 6.60. The van der Waals surface area contributed by atoms with E-state index in [2.05, 4.69) is 25.7 Å². The molecule has 19 heavy (non-hydrogen) atoms. The number of hydrogen-bond acceptors (Lipinski definition) is 2. The van der Waals surface area contributed by atoms with Crippen LogP contribution in [0, 0.1) is 17.8 Å². The molecule has 0 N–H and O–H groups in total. The van der Waals surface area contributed by atoms with E-state index < -0.39 is 0 Å². The van der Waals surface area contributed by atoms with Gasteiger partial charge in [-0.05, 0) is 24.1 Å². The van der Waals surface area contributed by atoms with Gasteiger partial charge in [0.25, 0.3) is 0 Å². The zero-order chi connectivity index (χ0) is 14.1. The fourth-order valence-corrected chi connectivity index (χ4v) is 1.79. The summed E-state index contributed by atoms with van der Waals surface area (Å²) in [6.45, 7) is 5.08. The molecular formula is C16H21ClO2. The van der Waals surface area contributed by atoms with Crippen LogP contribution in [0.3, 0.4) is 0 Å². The summed E-state index contributed by atoms with van der Waals surface area (Å²) in [4.78, 5) is 0. The Morgan fingerprint density at radius 2 is 2.00 bits per heavy atom. The van der Waals surface area contributed by atoms with Crippen molar-refractivity contribution in [2.45, 2.75) is 26.7 Å². The number of ether oxygens (including phenoxy) is 2. The Balaban J connectivity index is 2.86. The largest absolute Gasteiger partial charge is 0.497 e. The van der Waals surface area contributed by atoms with Crippen LogP contribution in [0.25, 0.3) is 0 Å². The van der Waals surface area contributed by atoms with Crippen LogP contribution >= 0.6 is 11.6 Å². The van der Waals surface area contributed by atoms with Crippen molar-refractivity contribution in [1.29, 1.82) is 0 Å². The van der Waals surface area contributed by atoms with Gasteiger partial charge in [-0.25, -0.2) is 0 Å². The number of halogens is 1. The van der Waals surface area contributed by atoms with Crippen LogP contribution in [0.15, 0.2) is 18.2 Å². The van der Waals surface area contributed by atoms with Crippen molar-refractivity contribution in [2.75, 3.05) is 19.6 Å². The summed E-state index contributed by atoms with van der Waals surface area (Å²) in [7, 11) is 1.64. The lowest BCUT2D eigenvalue weighted by Crippen LogP contribution is -2.10. The summed E-state index contributed by atoms with van der Waals surface area (Å²) in [5.74, 6) is 8.32. The molecule has 0 saturated carbocycles. The molecule has 0 saturated heterocycles. The maximum atomic E-state index is 5.88. The van der Waals surface area contributed by atoms with Crippen LogP contribution in [0.1, 0.15) is 32.3 Å². The lowest BCUT2D eigenvalue weighted by molar-refractivity contribution is 0.240. The summed E-state index contributed by atoms with van der Waals surface area (Å²) >= 11 is 5.60. The third kappa shape index (κ3) is 5.04. The summed E-state index contributed by atoms with van der Waals surface area (Å²) in [6, 6.07) is 5.66. The Bertz CT molecular complexity index is 442. The second-order valence-corrected chi connectivity index (χ2v) is 4.56. The van der Waals surface area contributed by atoms with Crippen LogP contribution in [0.2, 0.25) is 0 Å². The number of alkyl halides is 1. The van der Waals surface area contributed by atoms with Crippen molar-refractivity contribution in [3.8, 4) is 23.3 Å². The third-order valence-corrected chi connectivity index (χ3v) is 3.24. The van der Waals surface area contributed by atoms with Gasteiger partial charge in [-0.1, -0.05) is 38.5 Å². The Hall–Kier alpha value is -1.33. The third-order valence-electron chi connectivity index (χ3n) is 3.11. The van der Waals surface area contributed by atoms with E-state index in [0.29, 0.717) is 11.8 Å². The minimum Gasteiger partial charge on any atom is -0.497 e. The van der Waals surface area contributed by atoms with E-state index in [1.165, 1.54) is 0 Å². The number of benzene rings is 1. The van der Waals surface area contributed by atoms with Crippen molar-refractivity contribution in [3.05, 3.63) is 23.8 Å². The molecule has 1 aromatic carbocycles. The minimum absolute atomic E-state index is 0.309. The van der Waals surface area contributed by atoms with Crippen molar-refractivity contribution < 1.29 is 9.47 Å². The molecule has 0 aliphatic heterocycles. The van der Waals surface area contributed by atoms with E-state index >= 15 is 0 Å². The van der Waals surface area contributed by atoms with Crippen LogP contribution in [-0.4, -0.2) is 19.6 Å². The molecule has 0 amide bonds. The van der Waals surface area contributed by atoms with E-state index in [1.807, 2.05) is 18.2 Å². The summed E-state index contributed by atoms with van der Waals surface area (Å²) in [5.41, 5.74) is 0.825. The van der Waals surface area contributed by atoms with Crippen molar-refractivity contribution in [1.82, 2.24) is 0 Å². The van der Waals surface area contributed by atoms with Gasteiger partial charge in [0.1, 0.15) is 11.5 Å². The molecule has 0 aliphatic rings. The summed E-state index contributed by atoms with van der Waals surface area (Å²) in [5, 5.41) is 0. The van der Waals surface area contributed by atoms with Gasteiger partial charge >= 0.3 is 0 Å². The standard InChI is InChI=1S/C16H21ClO2/c1-4-13(5-2)12-19-16-9-8-15(18-3)11-14(16)7-6-10-17/h8-9,11,13H,4-5,10,12H2,1-3H3. The lowest BCUT2D eigenvalue weighted by atomic mass is 10.1. The van der Waals surface area contributed by atoms with Crippen LogP contribution in [0.4, 0.5) is 0 Å². The zero-order valence-electron chi connectivity index (χ0n) is 11.8. The highest BCUT2D eigenvalue weighted by Crippen LogP contribution is 2.24. The molecule has 1 aromatic rings. The van der Waals surface area contributed by atoms with Crippen molar-refractivity contribution in [3.63, 3.8) is 0 Å². The van der Waals surface area contributed by atoms with Crippen LogP contribution in [0.5, 0.6) is 11.5 Å². The predicted molar refractivity (Wildman–Crippen MR) is 80.2 cm³/mol. The van der Waals surface area contributed by atoms with Gasteiger partial charge in [0.05, 0.1) is 25.2 Å². The summed E-state index contributed by atoms with van der Waals surface area (Å²) in [6.07, 6.45) is 2.24. The first-order chi connectivity index (χ1) is 9.24. The van der Waals surface area contributed by atoms with Gasteiger partial charge in [0, 0.05) is 0 Å². The molecule has 0 heterocycles. The number of hydrogen-bond donors (Lipinski definition) is 0. The average molecular weight is 281 g/mol. The quantitative estimate of drug-likeness (QED) is 0.577. The first kappa shape index (κ1) is 15.7. The van der Waals surface area contributed by atoms with Gasteiger partial charge in [-0.2, -0.15) is 0 Å². The molecule has 0 aromatic heterocycles. The number of rotatable bonds is 6. The first-order valence-corrected chi connectivity index (χ1v) is 7.14. The maximum Gasteiger partial charge on any atom is 0.135 e. The van der Waals surface area contributed by atoms with E-state index in [9.17, 15) is 0 Å². The van der Waals surface area contributed by atoms with E-state index in [4.69, 9.17) is 21.1 Å². The maximum absolute atomic E-state index is 5.88. The van der Waals surface area contributed by atoms with Crippen LogP contribution < -0.4 is 9.47 Å². The van der Waals surface area contributed by atoms with Gasteiger partial charge in [-0.15, -0.1) is 11.6 Å². The molecule has 0 bridgehead atoms. The smallest absolute Gasteiger partial charge is 0.135 e. The van der Waals surface area contributed by atoms with Gasteiger partial charge in [-0.3, -0.25) is 0 Å². The fourth-order valence-electron chi connectivity index (χ4n) is 1.72. The molecule has 0 radical (unpaired) electrons. The zero-order valence-corrected chi connectivity index (χ0v) is 12.6. The second kappa shape index (κ2) is 8.72. The van der Waals surface area contributed by atoms with E-state index in [0.717, 1.165) is 36.5 Å². The molecule has 3 heteroatoms. The molecule has 0 unspecified atom stereocenters. The van der Waals surface area contributed by atoms with E-state index in [1.54, 1.807) is 7.11 Å². The minimum atomic E-state index is 0.309. The van der Waals surface area contributed by atoms with Crippen molar-refractivity contribution >= 4 is 11.6 Å². The predicted octanol–water partition coefficient (Wildman–Crippen LogP) is 4.10. The molecule has 0 atom stereocenters. The lowest BCUT2D eigenvalue weighted by Gasteiger charge is -2.15. The monoisotopic (exact) mass is 280 g/mol. The van der Waals surface area contributed by atoms with Crippen LogP contribution in [-0.2, 0) is 0 Å². The van der Waals surface area contributed by atoms with Gasteiger partial charge in [0.2, 0.25) is 0 Å². The number of methoxy groups -OCH3 is 1. The second-order valence-electron chi connectivity index (χ2n) is 4.29. The Morgan fingerprint density at radius 1 is 1.26 bits per heavy atom. The highest BCUT2D eigenvalue weighted by Gasteiger charge is 2.08. The van der Waals surface area contributed by atoms with E-state index in [-0.39, 0.29) is 0 Å². The molecule has 2 nitrogen and oxygen atoms in total. The highest BCUT2D eigenvalue weighted by atomic mass is 35.5. The Labute approximate surface area is 121 Å². The van der Waals surface area contributed by atoms with Gasteiger partial charge in [0.15, 0.2) is 0 Å². The molecule has 1 rings (SSSR count). The molecule has 0 spiro atoms. The Morgan fingerprint density at radius 3 is 2.58 bits per heavy atom. The topological polar surface area (TPSA) is 18.5 Å². The summed E-state index contributed by atoms with van der Waals surface area (Å²) < 4.78 is 11.1. The highest BCUT2D eigenvalue weighted by molar-refractivity contribution is 6.19. The molecule has 0 aliphatic carbocycles. The Kier molecular flexibility index (Phi) is 7.22. The fraction of sp³-hybridized carbons (Fsp3) is 0.500.